The predicted molar refractivity (Wildman–Crippen MR) is 86.4 cm³/mol. The van der Waals surface area contributed by atoms with Crippen molar-refractivity contribution in [3.8, 4) is 23.0 Å². The van der Waals surface area contributed by atoms with Gasteiger partial charge >= 0.3 is 0 Å². The second-order valence-corrected chi connectivity index (χ2v) is 4.47. The smallest absolute Gasteiger partial charge is 0.170 e. The van der Waals surface area contributed by atoms with Crippen LogP contribution >= 0.6 is 0 Å². The molecule has 0 saturated heterocycles. The Kier molecular flexibility index (Phi) is 6.11. The summed E-state index contributed by atoms with van der Waals surface area (Å²) in [5.74, 6) is 2.37. The standard InChI is InChI=1S/C17H19NO5/c1-20-14-7-3-4-8-15(14)22-10-11-23-17-13(12-18-19)6-5-9-16(17)21-2/h3-9,12,19H,10-11H2,1-2H3. The summed E-state index contributed by atoms with van der Waals surface area (Å²) < 4.78 is 21.8. The lowest BCUT2D eigenvalue weighted by Crippen LogP contribution is -2.11. The highest BCUT2D eigenvalue weighted by atomic mass is 16.5. The Bertz CT molecular complexity index is 657. The topological polar surface area (TPSA) is 69.5 Å². The van der Waals surface area contributed by atoms with E-state index >= 15 is 0 Å². The molecular weight excluding hydrogens is 298 g/mol. The summed E-state index contributed by atoms with van der Waals surface area (Å²) in [4.78, 5) is 0. The van der Waals surface area contributed by atoms with Crippen molar-refractivity contribution < 1.29 is 24.2 Å². The third-order valence-electron chi connectivity index (χ3n) is 3.08. The molecule has 122 valence electrons. The highest BCUT2D eigenvalue weighted by molar-refractivity contribution is 5.84. The van der Waals surface area contributed by atoms with Crippen LogP contribution in [-0.2, 0) is 0 Å². The van der Waals surface area contributed by atoms with Crippen LogP contribution in [-0.4, -0.2) is 38.9 Å². The summed E-state index contributed by atoms with van der Waals surface area (Å²) in [5, 5.41) is 11.8. The van der Waals surface area contributed by atoms with Crippen LogP contribution in [0.25, 0.3) is 0 Å². The minimum atomic E-state index is 0.296. The Morgan fingerprint density at radius 1 is 0.870 bits per heavy atom. The van der Waals surface area contributed by atoms with Gasteiger partial charge in [-0.05, 0) is 24.3 Å². The summed E-state index contributed by atoms with van der Waals surface area (Å²) in [5.41, 5.74) is 0.615. The molecule has 0 aromatic heterocycles. The van der Waals surface area contributed by atoms with E-state index < -0.39 is 0 Å². The van der Waals surface area contributed by atoms with Crippen LogP contribution in [0.4, 0.5) is 0 Å². The van der Waals surface area contributed by atoms with Gasteiger partial charge in [-0.25, -0.2) is 0 Å². The van der Waals surface area contributed by atoms with Gasteiger partial charge in [-0.1, -0.05) is 23.4 Å². The van der Waals surface area contributed by atoms with E-state index in [0.29, 0.717) is 41.8 Å². The highest BCUT2D eigenvalue weighted by Crippen LogP contribution is 2.30. The molecule has 2 aromatic carbocycles. The van der Waals surface area contributed by atoms with Crippen molar-refractivity contribution in [2.45, 2.75) is 0 Å². The molecule has 0 amide bonds. The summed E-state index contributed by atoms with van der Waals surface area (Å²) in [7, 11) is 3.14. The molecule has 0 saturated carbocycles. The van der Waals surface area contributed by atoms with Gasteiger partial charge in [0.1, 0.15) is 13.2 Å². The van der Waals surface area contributed by atoms with E-state index in [-0.39, 0.29) is 0 Å². The van der Waals surface area contributed by atoms with Crippen molar-refractivity contribution in [3.05, 3.63) is 48.0 Å². The zero-order valence-electron chi connectivity index (χ0n) is 13.1. The molecule has 0 atom stereocenters. The van der Waals surface area contributed by atoms with E-state index in [1.807, 2.05) is 24.3 Å². The Morgan fingerprint density at radius 2 is 1.52 bits per heavy atom. The Morgan fingerprint density at radius 3 is 2.22 bits per heavy atom. The normalized spacial score (nSPS) is 10.5. The van der Waals surface area contributed by atoms with Crippen molar-refractivity contribution >= 4 is 6.21 Å². The summed E-state index contributed by atoms with van der Waals surface area (Å²) in [6.45, 7) is 0.624. The minimum Gasteiger partial charge on any atom is -0.493 e. The first-order valence-electron chi connectivity index (χ1n) is 7.03. The van der Waals surface area contributed by atoms with Crippen LogP contribution in [0.2, 0.25) is 0 Å². The highest BCUT2D eigenvalue weighted by Gasteiger charge is 2.10. The maximum Gasteiger partial charge on any atom is 0.170 e. The molecule has 2 rings (SSSR count). The molecule has 6 heteroatoms. The van der Waals surface area contributed by atoms with Gasteiger partial charge in [-0.15, -0.1) is 0 Å². The molecule has 23 heavy (non-hydrogen) atoms. The average Bonchev–Trinajstić information content (AvgIpc) is 2.60. The number of rotatable bonds is 8. The number of methoxy groups -OCH3 is 2. The predicted octanol–water partition coefficient (Wildman–Crippen LogP) is 2.97. The molecule has 0 aliphatic carbocycles. The first-order chi connectivity index (χ1) is 11.3. The van der Waals surface area contributed by atoms with E-state index in [9.17, 15) is 0 Å². The molecule has 0 heterocycles. The van der Waals surface area contributed by atoms with E-state index in [1.54, 1.807) is 32.4 Å². The fraction of sp³-hybridized carbons (Fsp3) is 0.235. The van der Waals surface area contributed by atoms with Crippen LogP contribution in [0.1, 0.15) is 5.56 Å². The first kappa shape index (κ1) is 16.5. The van der Waals surface area contributed by atoms with Crippen LogP contribution in [0.15, 0.2) is 47.6 Å². The molecule has 1 N–H and O–H groups in total. The van der Waals surface area contributed by atoms with Crippen molar-refractivity contribution in [2.75, 3.05) is 27.4 Å². The summed E-state index contributed by atoms with van der Waals surface area (Å²) in [6, 6.07) is 12.7. The average molecular weight is 317 g/mol. The monoisotopic (exact) mass is 317 g/mol. The molecule has 0 unspecified atom stereocenters. The fourth-order valence-electron chi connectivity index (χ4n) is 2.05. The van der Waals surface area contributed by atoms with Gasteiger partial charge in [0.2, 0.25) is 0 Å². The molecule has 0 spiro atoms. The number of nitrogens with zero attached hydrogens (tertiary/aromatic N) is 1. The van der Waals surface area contributed by atoms with Crippen LogP contribution in [0, 0.1) is 0 Å². The summed E-state index contributed by atoms with van der Waals surface area (Å²) in [6.07, 6.45) is 1.29. The quantitative estimate of drug-likeness (QED) is 0.351. The van der Waals surface area contributed by atoms with Gasteiger partial charge in [-0.3, -0.25) is 0 Å². The zero-order valence-corrected chi connectivity index (χ0v) is 13.1. The third kappa shape index (κ3) is 4.29. The van der Waals surface area contributed by atoms with Gasteiger partial charge in [-0.2, -0.15) is 0 Å². The van der Waals surface area contributed by atoms with Crippen LogP contribution in [0.3, 0.4) is 0 Å². The van der Waals surface area contributed by atoms with Crippen LogP contribution < -0.4 is 18.9 Å². The molecule has 6 nitrogen and oxygen atoms in total. The second-order valence-electron chi connectivity index (χ2n) is 4.47. The van der Waals surface area contributed by atoms with Crippen molar-refractivity contribution in [1.29, 1.82) is 0 Å². The van der Waals surface area contributed by atoms with Crippen molar-refractivity contribution in [1.82, 2.24) is 0 Å². The van der Waals surface area contributed by atoms with Gasteiger partial charge in [0.15, 0.2) is 23.0 Å². The number of oxime groups is 1. The van der Waals surface area contributed by atoms with Crippen molar-refractivity contribution in [2.24, 2.45) is 5.16 Å². The van der Waals surface area contributed by atoms with E-state index in [4.69, 9.17) is 24.2 Å². The zero-order chi connectivity index (χ0) is 16.5. The molecule has 2 aromatic rings. The Balaban J connectivity index is 1.99. The van der Waals surface area contributed by atoms with Gasteiger partial charge < -0.3 is 24.2 Å². The maximum absolute atomic E-state index is 8.72. The maximum atomic E-state index is 8.72. The molecule has 0 fully saturated rings. The van der Waals surface area contributed by atoms with E-state index in [1.165, 1.54) is 6.21 Å². The van der Waals surface area contributed by atoms with Gasteiger partial charge in [0.05, 0.1) is 20.4 Å². The Hall–Kier alpha value is -2.89. The molecule has 0 radical (unpaired) electrons. The van der Waals surface area contributed by atoms with Crippen molar-refractivity contribution in [3.63, 3.8) is 0 Å². The largest absolute Gasteiger partial charge is 0.493 e. The lowest BCUT2D eigenvalue weighted by Gasteiger charge is -2.14. The molecule has 0 aliphatic rings. The van der Waals surface area contributed by atoms with E-state index in [0.717, 1.165) is 0 Å². The minimum absolute atomic E-state index is 0.296. The third-order valence-corrected chi connectivity index (χ3v) is 3.08. The molecule has 0 bridgehead atoms. The number of hydrogen-bond donors (Lipinski definition) is 1. The number of hydrogen-bond acceptors (Lipinski definition) is 6. The molecule has 0 aliphatic heterocycles. The number of ether oxygens (including phenoxy) is 4. The SMILES string of the molecule is COc1ccccc1OCCOc1c(C=NO)cccc1OC. The Labute approximate surface area is 134 Å². The second kappa shape index (κ2) is 8.53. The first-order valence-corrected chi connectivity index (χ1v) is 7.03. The van der Waals surface area contributed by atoms with E-state index in [2.05, 4.69) is 5.16 Å². The lowest BCUT2D eigenvalue weighted by molar-refractivity contribution is 0.206. The fourth-order valence-corrected chi connectivity index (χ4v) is 2.05. The molecular formula is C17H19NO5. The lowest BCUT2D eigenvalue weighted by atomic mass is 10.2. The number of para-hydroxylation sites is 3. The van der Waals surface area contributed by atoms with Gasteiger partial charge in [0.25, 0.3) is 0 Å². The number of benzene rings is 2. The summed E-state index contributed by atoms with van der Waals surface area (Å²) >= 11 is 0. The van der Waals surface area contributed by atoms with Gasteiger partial charge in [0, 0.05) is 5.56 Å². The van der Waals surface area contributed by atoms with Crippen LogP contribution in [0.5, 0.6) is 23.0 Å².